The highest BCUT2D eigenvalue weighted by atomic mass is 35.5. The molecule has 0 heterocycles. The summed E-state index contributed by atoms with van der Waals surface area (Å²) < 4.78 is 0. The summed E-state index contributed by atoms with van der Waals surface area (Å²) in [6.07, 6.45) is 4.44. The highest BCUT2D eigenvalue weighted by Crippen LogP contribution is 2.39. The number of hydrogen-bond acceptors (Lipinski definition) is 1. The molecule has 1 amide bonds. The van der Waals surface area contributed by atoms with Crippen LogP contribution < -0.4 is 5.32 Å². The van der Waals surface area contributed by atoms with Crippen LogP contribution in [0.1, 0.15) is 60.3 Å². The van der Waals surface area contributed by atoms with E-state index in [4.69, 9.17) is 11.6 Å². The molecule has 1 saturated carbocycles. The number of hydrogen-bond donors (Lipinski definition) is 1. The Kier molecular flexibility index (Phi) is 6.16. The van der Waals surface area contributed by atoms with Crippen molar-refractivity contribution in [1.82, 2.24) is 5.32 Å². The molecule has 0 aliphatic heterocycles. The van der Waals surface area contributed by atoms with Crippen molar-refractivity contribution in [2.45, 2.75) is 66.3 Å². The number of alkyl halides is 1. The van der Waals surface area contributed by atoms with Gasteiger partial charge in [0, 0.05) is 17.8 Å². The van der Waals surface area contributed by atoms with Gasteiger partial charge in [-0.15, -0.1) is 11.6 Å². The monoisotopic (exact) mass is 287 g/mol. The molecule has 0 aromatic rings. The van der Waals surface area contributed by atoms with Crippen LogP contribution in [0.2, 0.25) is 0 Å². The van der Waals surface area contributed by atoms with E-state index in [0.717, 1.165) is 18.8 Å². The second-order valence-corrected chi connectivity index (χ2v) is 7.65. The predicted octanol–water partition coefficient (Wildman–Crippen LogP) is 4.22. The normalized spacial score (nSPS) is 27.7. The second kappa shape index (κ2) is 6.97. The highest BCUT2D eigenvalue weighted by molar-refractivity contribution is 6.18. The van der Waals surface area contributed by atoms with Gasteiger partial charge in [-0.3, -0.25) is 4.79 Å². The molecule has 0 saturated heterocycles. The van der Waals surface area contributed by atoms with Crippen LogP contribution in [-0.2, 0) is 4.79 Å². The summed E-state index contributed by atoms with van der Waals surface area (Å²) >= 11 is 5.83. The molecular formula is C16H30ClNO. The summed E-state index contributed by atoms with van der Waals surface area (Å²) in [7, 11) is 0. The number of nitrogens with one attached hydrogen (secondary N) is 1. The first-order valence-corrected chi connectivity index (χ1v) is 8.15. The lowest BCUT2D eigenvalue weighted by molar-refractivity contribution is -0.127. The van der Waals surface area contributed by atoms with E-state index in [2.05, 4.69) is 33.0 Å². The minimum Gasteiger partial charge on any atom is -0.353 e. The topological polar surface area (TPSA) is 29.1 Å². The quantitative estimate of drug-likeness (QED) is 0.771. The van der Waals surface area contributed by atoms with E-state index >= 15 is 0 Å². The molecule has 19 heavy (non-hydrogen) atoms. The minimum absolute atomic E-state index is 0.172. The van der Waals surface area contributed by atoms with Crippen molar-refractivity contribution >= 4 is 17.5 Å². The molecule has 2 atom stereocenters. The molecule has 112 valence electrons. The standard InChI is InChI=1S/C16H30ClNO/c1-11(10-17)12(2)18-15(19)13-6-8-14(9-7-13)16(3,4)5/h11-14H,6-10H2,1-5H3,(H,18,19). The number of halogens is 1. The fourth-order valence-corrected chi connectivity index (χ4v) is 3.11. The third-order valence-corrected chi connectivity index (χ3v) is 5.28. The molecule has 1 fully saturated rings. The van der Waals surface area contributed by atoms with Gasteiger partial charge in [0.25, 0.3) is 0 Å². The Balaban J connectivity index is 2.41. The van der Waals surface area contributed by atoms with E-state index in [0.29, 0.717) is 17.2 Å². The molecular weight excluding hydrogens is 258 g/mol. The number of rotatable bonds is 4. The van der Waals surface area contributed by atoms with E-state index in [1.54, 1.807) is 0 Å². The molecule has 3 heteroatoms. The maximum Gasteiger partial charge on any atom is 0.223 e. The van der Waals surface area contributed by atoms with Gasteiger partial charge >= 0.3 is 0 Å². The van der Waals surface area contributed by atoms with Crippen molar-refractivity contribution in [3.8, 4) is 0 Å². The summed E-state index contributed by atoms with van der Waals surface area (Å²) in [5.74, 6) is 2.13. The van der Waals surface area contributed by atoms with Gasteiger partial charge in [-0.2, -0.15) is 0 Å². The maximum atomic E-state index is 12.2. The van der Waals surface area contributed by atoms with Crippen LogP contribution in [-0.4, -0.2) is 17.8 Å². The van der Waals surface area contributed by atoms with Crippen LogP contribution in [0, 0.1) is 23.2 Å². The van der Waals surface area contributed by atoms with Crippen LogP contribution in [0.25, 0.3) is 0 Å². The van der Waals surface area contributed by atoms with Crippen LogP contribution in [0.4, 0.5) is 0 Å². The van der Waals surface area contributed by atoms with E-state index in [1.807, 2.05) is 6.92 Å². The van der Waals surface area contributed by atoms with Crippen LogP contribution >= 0.6 is 11.6 Å². The maximum absolute atomic E-state index is 12.2. The van der Waals surface area contributed by atoms with Gasteiger partial charge in [0.1, 0.15) is 0 Å². The largest absolute Gasteiger partial charge is 0.353 e. The van der Waals surface area contributed by atoms with Gasteiger partial charge in [-0.25, -0.2) is 0 Å². The first kappa shape index (κ1) is 16.8. The van der Waals surface area contributed by atoms with Gasteiger partial charge < -0.3 is 5.32 Å². The SMILES string of the molecule is CC(CCl)C(C)NC(=O)C1CCC(C(C)(C)C)CC1. The van der Waals surface area contributed by atoms with Crippen molar-refractivity contribution in [3.05, 3.63) is 0 Å². The number of carbonyl (C=O) groups excluding carboxylic acids is 1. The second-order valence-electron chi connectivity index (χ2n) is 7.34. The molecule has 1 aliphatic carbocycles. The Morgan fingerprint density at radius 2 is 1.74 bits per heavy atom. The molecule has 0 bridgehead atoms. The summed E-state index contributed by atoms with van der Waals surface area (Å²) in [5.41, 5.74) is 0.377. The molecule has 0 spiro atoms. The average Bonchev–Trinajstić information content (AvgIpc) is 2.36. The Bertz CT molecular complexity index is 290. The predicted molar refractivity (Wildman–Crippen MR) is 82.4 cm³/mol. The fourth-order valence-electron chi connectivity index (χ4n) is 2.84. The van der Waals surface area contributed by atoms with Gasteiger partial charge in [0.05, 0.1) is 0 Å². The first-order chi connectivity index (χ1) is 8.75. The van der Waals surface area contributed by atoms with Gasteiger partial charge in [-0.05, 0) is 49.9 Å². The zero-order valence-corrected chi connectivity index (χ0v) is 13.9. The molecule has 0 aromatic heterocycles. The van der Waals surface area contributed by atoms with Crippen molar-refractivity contribution in [1.29, 1.82) is 0 Å². The van der Waals surface area contributed by atoms with E-state index in [-0.39, 0.29) is 17.9 Å². The van der Waals surface area contributed by atoms with Crippen LogP contribution in [0.5, 0.6) is 0 Å². The molecule has 0 radical (unpaired) electrons. The molecule has 0 aromatic carbocycles. The Morgan fingerprint density at radius 1 is 1.21 bits per heavy atom. The van der Waals surface area contributed by atoms with Gasteiger partial charge in [0.2, 0.25) is 5.91 Å². The molecule has 1 aliphatic rings. The zero-order chi connectivity index (χ0) is 14.6. The molecule has 1 N–H and O–H groups in total. The molecule has 1 rings (SSSR count). The van der Waals surface area contributed by atoms with E-state index in [1.165, 1.54) is 12.8 Å². The average molecular weight is 288 g/mol. The highest BCUT2D eigenvalue weighted by Gasteiger charge is 2.32. The van der Waals surface area contributed by atoms with Crippen molar-refractivity contribution in [2.24, 2.45) is 23.2 Å². The zero-order valence-electron chi connectivity index (χ0n) is 13.1. The van der Waals surface area contributed by atoms with E-state index < -0.39 is 0 Å². The van der Waals surface area contributed by atoms with Crippen LogP contribution in [0.15, 0.2) is 0 Å². The van der Waals surface area contributed by atoms with Crippen LogP contribution in [0.3, 0.4) is 0 Å². The number of carbonyl (C=O) groups is 1. The van der Waals surface area contributed by atoms with E-state index in [9.17, 15) is 4.79 Å². The van der Waals surface area contributed by atoms with Crippen molar-refractivity contribution < 1.29 is 4.79 Å². The van der Waals surface area contributed by atoms with Crippen molar-refractivity contribution in [3.63, 3.8) is 0 Å². The summed E-state index contributed by atoms with van der Waals surface area (Å²) in [6.45, 7) is 11.0. The minimum atomic E-state index is 0.172. The third-order valence-electron chi connectivity index (χ3n) is 4.79. The molecule has 2 nitrogen and oxygen atoms in total. The Morgan fingerprint density at radius 3 is 2.16 bits per heavy atom. The fraction of sp³-hybridized carbons (Fsp3) is 0.938. The Hall–Kier alpha value is -0.240. The van der Waals surface area contributed by atoms with Gasteiger partial charge in [-0.1, -0.05) is 27.7 Å². The first-order valence-electron chi connectivity index (χ1n) is 7.62. The smallest absolute Gasteiger partial charge is 0.223 e. The lowest BCUT2D eigenvalue weighted by atomic mass is 9.69. The van der Waals surface area contributed by atoms with Crippen molar-refractivity contribution in [2.75, 3.05) is 5.88 Å². The summed E-state index contributed by atoms with van der Waals surface area (Å²) in [5, 5.41) is 3.13. The lowest BCUT2D eigenvalue weighted by Gasteiger charge is -2.37. The third kappa shape index (κ3) is 4.98. The van der Waals surface area contributed by atoms with Gasteiger partial charge in [0.15, 0.2) is 0 Å². The summed E-state index contributed by atoms with van der Waals surface area (Å²) in [6, 6.07) is 0.172. The number of amides is 1. The summed E-state index contributed by atoms with van der Waals surface area (Å²) in [4.78, 5) is 12.2. The lowest BCUT2D eigenvalue weighted by Crippen LogP contribution is -2.42. The molecule has 2 unspecified atom stereocenters. The Labute approximate surface area is 123 Å².